The summed E-state index contributed by atoms with van der Waals surface area (Å²) in [4.78, 5) is 12.7. The molecule has 1 N–H and O–H groups in total. The van der Waals surface area contributed by atoms with Crippen LogP contribution in [0, 0.1) is 12.8 Å². The van der Waals surface area contributed by atoms with Crippen molar-refractivity contribution in [1.29, 1.82) is 0 Å². The highest BCUT2D eigenvalue weighted by molar-refractivity contribution is 7.08. The van der Waals surface area contributed by atoms with Gasteiger partial charge in [0, 0.05) is 6.20 Å². The van der Waals surface area contributed by atoms with Crippen LogP contribution in [0.2, 0.25) is 0 Å². The largest absolute Gasteiger partial charge is 0.346 e. The van der Waals surface area contributed by atoms with E-state index in [4.69, 9.17) is 0 Å². The summed E-state index contributed by atoms with van der Waals surface area (Å²) < 4.78 is 5.48. The third-order valence-electron chi connectivity index (χ3n) is 2.83. The lowest BCUT2D eigenvalue weighted by Crippen LogP contribution is -2.41. The Morgan fingerprint density at radius 1 is 1.53 bits per heavy atom. The first-order valence-corrected chi connectivity index (χ1v) is 6.79. The highest BCUT2D eigenvalue weighted by Crippen LogP contribution is 2.11. The number of carbonyl (C=O) groups is 1. The summed E-state index contributed by atoms with van der Waals surface area (Å²) in [5.41, 5.74) is 0.658. The van der Waals surface area contributed by atoms with Gasteiger partial charge in [-0.2, -0.15) is 0 Å². The molecule has 2 heterocycles. The van der Waals surface area contributed by atoms with E-state index in [0.717, 1.165) is 11.5 Å². The number of aromatic nitrogens is 5. The first kappa shape index (κ1) is 13.6. The summed E-state index contributed by atoms with van der Waals surface area (Å²) >= 11 is 1.11. The van der Waals surface area contributed by atoms with Gasteiger partial charge in [0.2, 0.25) is 0 Å². The molecule has 0 aromatic carbocycles. The molecule has 102 valence electrons. The van der Waals surface area contributed by atoms with Crippen molar-refractivity contribution in [2.75, 3.05) is 0 Å². The van der Waals surface area contributed by atoms with E-state index in [-0.39, 0.29) is 17.9 Å². The van der Waals surface area contributed by atoms with E-state index in [1.165, 1.54) is 0 Å². The first-order valence-electron chi connectivity index (χ1n) is 6.02. The zero-order valence-electron chi connectivity index (χ0n) is 11.1. The lowest BCUT2D eigenvalue weighted by atomic mass is 10.0. The van der Waals surface area contributed by atoms with E-state index in [2.05, 4.69) is 39.1 Å². The van der Waals surface area contributed by atoms with E-state index in [9.17, 15) is 4.79 Å². The van der Waals surface area contributed by atoms with Gasteiger partial charge in [-0.15, -0.1) is 10.2 Å². The summed E-state index contributed by atoms with van der Waals surface area (Å²) in [5, 5.41) is 14.5. The Morgan fingerprint density at radius 3 is 2.84 bits per heavy atom. The van der Waals surface area contributed by atoms with Crippen molar-refractivity contribution in [3.8, 4) is 0 Å². The van der Waals surface area contributed by atoms with Crippen LogP contribution in [-0.2, 0) is 6.54 Å². The molecule has 1 amide bonds. The van der Waals surface area contributed by atoms with E-state index < -0.39 is 0 Å². The number of rotatable bonds is 5. The summed E-state index contributed by atoms with van der Waals surface area (Å²) in [7, 11) is 0. The predicted molar refractivity (Wildman–Crippen MR) is 70.8 cm³/mol. The molecule has 0 spiro atoms. The van der Waals surface area contributed by atoms with E-state index in [1.807, 2.05) is 0 Å². The highest BCUT2D eigenvalue weighted by Gasteiger charge is 2.20. The van der Waals surface area contributed by atoms with Crippen molar-refractivity contribution in [1.82, 2.24) is 29.9 Å². The van der Waals surface area contributed by atoms with Gasteiger partial charge in [-0.3, -0.25) is 9.48 Å². The lowest BCUT2D eigenvalue weighted by molar-refractivity contribution is 0.0922. The van der Waals surface area contributed by atoms with Gasteiger partial charge in [0.1, 0.15) is 4.88 Å². The standard InChI is InChI=1S/C11H16N6OS/c1-7(2)9(6-17-5-4-12-15-17)13-11(18)10-8(3)14-16-19-10/h4-5,7,9H,6H2,1-3H3,(H,13,18). The minimum absolute atomic E-state index is 0.0179. The average Bonchev–Trinajstić information content (AvgIpc) is 2.99. The van der Waals surface area contributed by atoms with Crippen molar-refractivity contribution < 1.29 is 4.79 Å². The van der Waals surface area contributed by atoms with Gasteiger partial charge in [0.05, 0.1) is 24.5 Å². The summed E-state index contributed by atoms with van der Waals surface area (Å²) in [6.07, 6.45) is 3.40. The molecule has 2 rings (SSSR count). The van der Waals surface area contributed by atoms with Crippen LogP contribution in [0.4, 0.5) is 0 Å². The van der Waals surface area contributed by atoms with Gasteiger partial charge < -0.3 is 5.32 Å². The Hall–Kier alpha value is -1.83. The van der Waals surface area contributed by atoms with Crippen LogP contribution in [0.1, 0.15) is 29.2 Å². The smallest absolute Gasteiger partial charge is 0.265 e. The number of aryl methyl sites for hydroxylation is 1. The molecule has 8 heteroatoms. The molecule has 2 aromatic heterocycles. The molecule has 0 saturated carbocycles. The Kier molecular flexibility index (Phi) is 4.20. The Labute approximate surface area is 115 Å². The van der Waals surface area contributed by atoms with Gasteiger partial charge in [-0.05, 0) is 24.4 Å². The SMILES string of the molecule is Cc1nnsc1C(=O)NC(Cn1ccnn1)C(C)C. The van der Waals surface area contributed by atoms with E-state index in [0.29, 0.717) is 17.1 Å². The maximum atomic E-state index is 12.1. The average molecular weight is 280 g/mol. The second kappa shape index (κ2) is 5.87. The molecule has 1 unspecified atom stereocenters. The molecule has 0 aliphatic rings. The van der Waals surface area contributed by atoms with Crippen molar-refractivity contribution in [3.63, 3.8) is 0 Å². The molecular weight excluding hydrogens is 264 g/mol. The zero-order chi connectivity index (χ0) is 13.8. The van der Waals surface area contributed by atoms with E-state index in [1.54, 1.807) is 24.0 Å². The zero-order valence-corrected chi connectivity index (χ0v) is 11.9. The minimum atomic E-state index is -0.133. The molecule has 0 radical (unpaired) electrons. The second-order valence-corrected chi connectivity index (χ2v) is 5.39. The third kappa shape index (κ3) is 3.34. The molecule has 0 saturated heterocycles. The Bertz CT molecular complexity index is 535. The minimum Gasteiger partial charge on any atom is -0.346 e. The fraction of sp³-hybridized carbons (Fsp3) is 0.545. The fourth-order valence-electron chi connectivity index (χ4n) is 1.63. The van der Waals surface area contributed by atoms with Crippen LogP contribution in [0.15, 0.2) is 12.4 Å². The summed E-state index contributed by atoms with van der Waals surface area (Å²) in [5.74, 6) is 0.153. The van der Waals surface area contributed by atoms with Crippen molar-refractivity contribution in [2.45, 2.75) is 33.4 Å². The summed E-state index contributed by atoms with van der Waals surface area (Å²) in [6.45, 7) is 6.48. The number of nitrogens with one attached hydrogen (secondary N) is 1. The van der Waals surface area contributed by atoms with Crippen LogP contribution in [0.3, 0.4) is 0 Å². The lowest BCUT2D eigenvalue weighted by Gasteiger charge is -2.21. The van der Waals surface area contributed by atoms with E-state index >= 15 is 0 Å². The maximum Gasteiger partial charge on any atom is 0.265 e. The van der Waals surface area contributed by atoms with Gasteiger partial charge in [0.25, 0.3) is 5.91 Å². The molecule has 0 aliphatic heterocycles. The number of hydrogen-bond donors (Lipinski definition) is 1. The van der Waals surface area contributed by atoms with Crippen LogP contribution in [0.5, 0.6) is 0 Å². The van der Waals surface area contributed by atoms with Crippen molar-refractivity contribution >= 4 is 17.4 Å². The molecule has 0 bridgehead atoms. The number of nitrogens with zero attached hydrogens (tertiary/aromatic N) is 5. The molecule has 0 aliphatic carbocycles. The quantitative estimate of drug-likeness (QED) is 0.879. The number of carbonyl (C=O) groups excluding carboxylic acids is 1. The molecule has 7 nitrogen and oxygen atoms in total. The van der Waals surface area contributed by atoms with Crippen LogP contribution in [-0.4, -0.2) is 36.5 Å². The van der Waals surface area contributed by atoms with Crippen LogP contribution in [0.25, 0.3) is 0 Å². The molecule has 19 heavy (non-hydrogen) atoms. The fourth-order valence-corrected chi connectivity index (χ4v) is 2.19. The molecular formula is C11H16N6OS. The van der Waals surface area contributed by atoms with Gasteiger partial charge in [-0.25, -0.2) is 0 Å². The topological polar surface area (TPSA) is 85.6 Å². The molecule has 1 atom stereocenters. The van der Waals surface area contributed by atoms with Crippen LogP contribution >= 0.6 is 11.5 Å². The molecule has 0 fully saturated rings. The van der Waals surface area contributed by atoms with Crippen LogP contribution < -0.4 is 5.32 Å². The van der Waals surface area contributed by atoms with Crippen molar-refractivity contribution in [3.05, 3.63) is 23.0 Å². The van der Waals surface area contributed by atoms with Gasteiger partial charge >= 0.3 is 0 Å². The highest BCUT2D eigenvalue weighted by atomic mass is 32.1. The molecule has 2 aromatic rings. The second-order valence-electron chi connectivity index (χ2n) is 4.64. The Morgan fingerprint density at radius 2 is 2.32 bits per heavy atom. The van der Waals surface area contributed by atoms with Gasteiger partial charge in [-0.1, -0.05) is 23.5 Å². The summed E-state index contributed by atoms with van der Waals surface area (Å²) in [6, 6.07) is -0.0179. The van der Waals surface area contributed by atoms with Crippen molar-refractivity contribution in [2.24, 2.45) is 5.92 Å². The number of hydrogen-bond acceptors (Lipinski definition) is 6. The van der Waals surface area contributed by atoms with Gasteiger partial charge in [0.15, 0.2) is 0 Å². The number of amides is 1. The Balaban J connectivity index is 2.05. The predicted octanol–water partition coefficient (Wildman–Crippen LogP) is 0.893. The third-order valence-corrected chi connectivity index (χ3v) is 3.66. The first-order chi connectivity index (χ1) is 9.08. The normalized spacial score (nSPS) is 12.6. The maximum absolute atomic E-state index is 12.1. The monoisotopic (exact) mass is 280 g/mol.